The fourth-order valence-electron chi connectivity index (χ4n) is 5.26. The van der Waals surface area contributed by atoms with E-state index in [0.717, 1.165) is 13.1 Å². The number of hydrogen-bond acceptors (Lipinski definition) is 6. The average molecular weight is 552 g/mol. The molecular formula is C30H31F2N3O5. The minimum atomic E-state index is -0.904. The average Bonchev–Trinajstić information content (AvgIpc) is 2.94. The summed E-state index contributed by atoms with van der Waals surface area (Å²) in [4.78, 5) is 31.1. The number of aliphatic hydroxyl groups is 1. The van der Waals surface area contributed by atoms with Crippen LogP contribution in [0.25, 0.3) is 0 Å². The van der Waals surface area contributed by atoms with Crippen LogP contribution in [0, 0.1) is 17.6 Å². The minimum absolute atomic E-state index is 0.155. The van der Waals surface area contributed by atoms with Crippen LogP contribution in [-0.4, -0.2) is 65.2 Å². The summed E-state index contributed by atoms with van der Waals surface area (Å²) < 4.78 is 32.4. The molecule has 2 fully saturated rings. The van der Waals surface area contributed by atoms with Crippen molar-refractivity contribution in [1.29, 1.82) is 0 Å². The zero-order valence-electron chi connectivity index (χ0n) is 22.0. The van der Waals surface area contributed by atoms with Gasteiger partial charge >= 0.3 is 6.09 Å². The molecule has 3 aromatic rings. The first-order valence-corrected chi connectivity index (χ1v) is 13.2. The molecule has 0 aliphatic carbocycles. The summed E-state index contributed by atoms with van der Waals surface area (Å²) in [6.07, 6.45) is -0.880. The van der Waals surface area contributed by atoms with Crippen LogP contribution in [0.3, 0.4) is 0 Å². The maximum Gasteiger partial charge on any atom is 0.415 e. The topological polar surface area (TPSA) is 93.6 Å². The van der Waals surface area contributed by atoms with E-state index in [1.807, 2.05) is 7.05 Å². The van der Waals surface area contributed by atoms with Gasteiger partial charge in [0.05, 0.1) is 18.1 Å². The number of carbonyl (C=O) groups excluding carboxylic acids is 2. The molecule has 0 aromatic heterocycles. The number of β-lactam (4-membered cyclic amide) rings is 1. The molecular weight excluding hydrogens is 520 g/mol. The summed E-state index contributed by atoms with van der Waals surface area (Å²) in [5.41, 5.74) is 1.44. The number of phenolic OH excluding ortho intramolecular Hbond substituents is 1. The Hall–Kier alpha value is -4.02. The fraction of sp³-hybridized carbons (Fsp3) is 0.333. The second kappa shape index (κ2) is 11.6. The van der Waals surface area contributed by atoms with E-state index in [9.17, 15) is 28.6 Å². The lowest BCUT2D eigenvalue weighted by Gasteiger charge is -2.48. The zero-order valence-corrected chi connectivity index (χ0v) is 22.0. The van der Waals surface area contributed by atoms with E-state index in [1.54, 1.807) is 17.0 Å². The van der Waals surface area contributed by atoms with Gasteiger partial charge in [-0.15, -0.1) is 0 Å². The van der Waals surface area contributed by atoms with Crippen molar-refractivity contribution in [3.8, 4) is 11.5 Å². The van der Waals surface area contributed by atoms with Crippen LogP contribution in [0.15, 0.2) is 66.7 Å². The Kier molecular flexibility index (Phi) is 7.99. The number of nitrogens with zero attached hydrogens (tertiary/aromatic N) is 3. The van der Waals surface area contributed by atoms with Crippen LogP contribution in [0.2, 0.25) is 0 Å². The summed E-state index contributed by atoms with van der Waals surface area (Å²) in [6.45, 7) is 2.57. The van der Waals surface area contributed by atoms with Crippen LogP contribution in [0.1, 0.15) is 36.1 Å². The molecule has 2 aliphatic heterocycles. The maximum atomic E-state index is 13.6. The van der Waals surface area contributed by atoms with Gasteiger partial charge in [-0.25, -0.2) is 13.6 Å². The highest BCUT2D eigenvalue weighted by molar-refractivity contribution is 6.03. The summed E-state index contributed by atoms with van der Waals surface area (Å²) >= 11 is 0. The molecule has 2 heterocycles. The number of anilines is 1. The van der Waals surface area contributed by atoms with Gasteiger partial charge in [-0.1, -0.05) is 12.1 Å². The first-order valence-electron chi connectivity index (χ1n) is 13.2. The van der Waals surface area contributed by atoms with Gasteiger partial charge in [-0.2, -0.15) is 0 Å². The van der Waals surface area contributed by atoms with E-state index in [1.165, 1.54) is 59.5 Å². The quantitative estimate of drug-likeness (QED) is 0.416. The van der Waals surface area contributed by atoms with Crippen molar-refractivity contribution in [1.82, 2.24) is 9.80 Å². The lowest BCUT2D eigenvalue weighted by atomic mass is 9.78. The zero-order chi connectivity index (χ0) is 28.4. The van der Waals surface area contributed by atoms with Crippen LogP contribution in [0.5, 0.6) is 11.5 Å². The van der Waals surface area contributed by atoms with Crippen molar-refractivity contribution >= 4 is 17.7 Å². The molecule has 8 nitrogen and oxygen atoms in total. The molecule has 3 aromatic carbocycles. The number of phenols is 1. The lowest BCUT2D eigenvalue weighted by Crippen LogP contribution is -2.55. The van der Waals surface area contributed by atoms with E-state index in [-0.39, 0.29) is 23.8 Å². The van der Waals surface area contributed by atoms with Crippen molar-refractivity contribution in [2.75, 3.05) is 38.1 Å². The van der Waals surface area contributed by atoms with Crippen molar-refractivity contribution in [3.63, 3.8) is 0 Å². The molecule has 0 unspecified atom stereocenters. The lowest BCUT2D eigenvalue weighted by molar-refractivity contribution is -0.131. The first kappa shape index (κ1) is 27.5. The highest BCUT2D eigenvalue weighted by Gasteiger charge is 2.49. The molecule has 0 bridgehead atoms. The highest BCUT2D eigenvalue weighted by Crippen LogP contribution is 2.49. The van der Waals surface area contributed by atoms with Gasteiger partial charge in [0.1, 0.15) is 23.1 Å². The van der Waals surface area contributed by atoms with Gasteiger partial charge in [-0.3, -0.25) is 4.79 Å². The molecule has 210 valence electrons. The van der Waals surface area contributed by atoms with Crippen LogP contribution in [0.4, 0.5) is 19.3 Å². The van der Waals surface area contributed by atoms with Crippen molar-refractivity contribution in [2.45, 2.75) is 25.0 Å². The molecule has 0 radical (unpaired) electrons. The van der Waals surface area contributed by atoms with Crippen LogP contribution >= 0.6 is 0 Å². The standard InChI is InChI=1S/C30H31F2N3O5/c1-33-14-16-34(17-15-33)30(39)40-23-10-11-24(27(37)18-23)28-25(12-13-26(36)19-2-4-20(31)5-3-19)29(38)35(28)22-8-6-21(32)7-9-22/h2-11,18,25-26,28,36-37H,12-17H2,1H3/t25-,26+,28-/m1/s1. The van der Waals surface area contributed by atoms with Gasteiger partial charge in [0, 0.05) is 43.5 Å². The number of hydrogen-bond donors (Lipinski definition) is 2. The van der Waals surface area contributed by atoms with Gasteiger partial charge in [0.2, 0.25) is 5.91 Å². The van der Waals surface area contributed by atoms with Gasteiger partial charge in [-0.05, 0) is 74.0 Å². The smallest absolute Gasteiger partial charge is 0.415 e. The van der Waals surface area contributed by atoms with E-state index < -0.39 is 35.8 Å². The number of aliphatic hydroxyl groups excluding tert-OH is 1. The molecule has 40 heavy (non-hydrogen) atoms. The Morgan fingerprint density at radius 1 is 0.975 bits per heavy atom. The number of amides is 2. The third-order valence-corrected chi connectivity index (χ3v) is 7.61. The molecule has 3 atom stereocenters. The number of piperazine rings is 1. The van der Waals surface area contributed by atoms with Gasteiger partial charge in [0.15, 0.2) is 0 Å². The van der Waals surface area contributed by atoms with Crippen molar-refractivity contribution in [3.05, 3.63) is 89.5 Å². The maximum absolute atomic E-state index is 13.6. The van der Waals surface area contributed by atoms with Gasteiger partial charge in [0.25, 0.3) is 0 Å². The highest BCUT2D eigenvalue weighted by atomic mass is 19.1. The number of rotatable bonds is 7. The Balaban J connectivity index is 1.35. The van der Waals surface area contributed by atoms with E-state index >= 15 is 0 Å². The molecule has 5 rings (SSSR count). The van der Waals surface area contributed by atoms with E-state index in [2.05, 4.69) is 4.90 Å². The first-order chi connectivity index (χ1) is 19.2. The predicted octanol–water partition coefficient (Wildman–Crippen LogP) is 4.63. The SMILES string of the molecule is CN1CCN(C(=O)Oc2ccc([C@@H]3[C@@H](CC[C@H](O)c4ccc(F)cc4)C(=O)N3c3ccc(F)cc3)c(O)c2)CC1. The number of likely N-dealkylation sites (N-methyl/N-ethyl adjacent to an activating group) is 1. The summed E-state index contributed by atoms with van der Waals surface area (Å²) in [5, 5.41) is 21.6. The molecule has 10 heteroatoms. The predicted molar refractivity (Wildman–Crippen MR) is 144 cm³/mol. The number of aromatic hydroxyl groups is 1. The summed E-state index contributed by atoms with van der Waals surface area (Å²) in [5.74, 6) is -1.64. The normalized spacial score (nSPS) is 20.2. The second-order valence-corrected chi connectivity index (χ2v) is 10.3. The van der Waals surface area contributed by atoms with Crippen molar-refractivity contribution < 1.29 is 33.3 Å². The molecule has 2 amide bonds. The Morgan fingerprint density at radius 2 is 1.60 bits per heavy atom. The monoisotopic (exact) mass is 551 g/mol. The molecule has 2 aliphatic rings. The van der Waals surface area contributed by atoms with Gasteiger partial charge < -0.3 is 29.6 Å². The second-order valence-electron chi connectivity index (χ2n) is 10.3. The summed E-state index contributed by atoms with van der Waals surface area (Å²) in [6, 6.07) is 15.0. The molecule has 2 saturated heterocycles. The molecule has 0 saturated carbocycles. The third-order valence-electron chi connectivity index (χ3n) is 7.61. The number of halogens is 2. The van der Waals surface area contributed by atoms with Crippen LogP contribution in [-0.2, 0) is 4.79 Å². The number of carbonyl (C=O) groups is 2. The number of ether oxygens (including phenoxy) is 1. The van der Waals surface area contributed by atoms with E-state index in [4.69, 9.17) is 4.74 Å². The largest absolute Gasteiger partial charge is 0.507 e. The Labute approximate surface area is 231 Å². The third kappa shape index (κ3) is 5.78. The van der Waals surface area contributed by atoms with E-state index in [0.29, 0.717) is 36.3 Å². The van der Waals surface area contributed by atoms with Crippen LogP contribution < -0.4 is 9.64 Å². The fourth-order valence-corrected chi connectivity index (χ4v) is 5.26. The Bertz CT molecular complexity index is 1360. The number of benzene rings is 3. The minimum Gasteiger partial charge on any atom is -0.507 e. The Morgan fingerprint density at radius 3 is 2.23 bits per heavy atom. The summed E-state index contributed by atoms with van der Waals surface area (Å²) in [7, 11) is 1.98. The molecule has 0 spiro atoms. The van der Waals surface area contributed by atoms with Crippen molar-refractivity contribution in [2.24, 2.45) is 5.92 Å². The molecule has 2 N–H and O–H groups in total.